The lowest BCUT2D eigenvalue weighted by Gasteiger charge is -2.39. The largest absolute Gasteiger partial charge is 0.352 e. The zero-order valence-electron chi connectivity index (χ0n) is 16.9. The Bertz CT molecular complexity index is 833. The molecule has 2 atom stereocenters. The van der Waals surface area contributed by atoms with Crippen LogP contribution in [0.4, 0.5) is 4.39 Å². The summed E-state index contributed by atoms with van der Waals surface area (Å²) in [4.78, 5) is 12.5. The second-order valence-corrected chi connectivity index (χ2v) is 10.7. The van der Waals surface area contributed by atoms with Gasteiger partial charge in [0.1, 0.15) is 5.82 Å². The van der Waals surface area contributed by atoms with Crippen LogP contribution in [0, 0.1) is 23.6 Å². The van der Waals surface area contributed by atoms with Crippen molar-refractivity contribution in [1.29, 1.82) is 0 Å². The molecule has 2 heterocycles. The van der Waals surface area contributed by atoms with Gasteiger partial charge < -0.3 is 5.32 Å². The fourth-order valence-corrected chi connectivity index (χ4v) is 6.42. The van der Waals surface area contributed by atoms with Crippen LogP contribution in [0.3, 0.4) is 0 Å². The number of nitrogens with zero attached hydrogens (tertiary/aromatic N) is 2. The molecule has 0 spiro atoms. The van der Waals surface area contributed by atoms with Gasteiger partial charge in [0.2, 0.25) is 5.91 Å². The molecular weight excluding hydrogens is 417 g/mol. The first-order valence-electron chi connectivity index (χ1n) is 10.1. The normalized spacial score (nSPS) is 25.1. The van der Waals surface area contributed by atoms with E-state index in [0.717, 1.165) is 6.42 Å². The standard InChI is InChI=1S/C20H29ClFN3O3S/c1-14-9-15(2)13-25(12-14)29(27,28)24-7-5-16(6-8-24)20(26)23-11-17-3-4-18(22)10-19(17)21/h3-4,10,14-16H,5-9,11-13H2,1-2H3,(H,23,26)/t14-,15-/m1/s1. The summed E-state index contributed by atoms with van der Waals surface area (Å²) in [6, 6.07) is 4.07. The van der Waals surface area contributed by atoms with E-state index in [1.54, 1.807) is 10.4 Å². The Labute approximate surface area is 177 Å². The Kier molecular flexibility index (Phi) is 7.19. The van der Waals surface area contributed by atoms with Gasteiger partial charge in [0.25, 0.3) is 10.2 Å². The van der Waals surface area contributed by atoms with Crippen molar-refractivity contribution < 1.29 is 17.6 Å². The molecule has 0 saturated carbocycles. The third-order valence-electron chi connectivity index (χ3n) is 5.78. The summed E-state index contributed by atoms with van der Waals surface area (Å²) < 4.78 is 42.2. The van der Waals surface area contributed by atoms with E-state index in [1.165, 1.54) is 16.4 Å². The van der Waals surface area contributed by atoms with Crippen LogP contribution in [0.5, 0.6) is 0 Å². The monoisotopic (exact) mass is 445 g/mol. The van der Waals surface area contributed by atoms with Crippen molar-refractivity contribution >= 4 is 27.7 Å². The number of rotatable bonds is 5. The predicted molar refractivity (Wildman–Crippen MR) is 111 cm³/mol. The zero-order chi connectivity index (χ0) is 21.2. The third kappa shape index (κ3) is 5.48. The summed E-state index contributed by atoms with van der Waals surface area (Å²) in [6.07, 6.45) is 2.02. The van der Waals surface area contributed by atoms with Gasteiger partial charge in [-0.1, -0.05) is 31.5 Å². The van der Waals surface area contributed by atoms with Crippen LogP contribution in [0.2, 0.25) is 5.02 Å². The first-order valence-corrected chi connectivity index (χ1v) is 11.9. The molecular formula is C20H29ClFN3O3S. The van der Waals surface area contributed by atoms with Crippen molar-refractivity contribution in [2.24, 2.45) is 17.8 Å². The fourth-order valence-electron chi connectivity index (χ4n) is 4.30. The first kappa shape index (κ1) is 22.5. The van der Waals surface area contributed by atoms with Crippen molar-refractivity contribution in [2.75, 3.05) is 26.2 Å². The van der Waals surface area contributed by atoms with Crippen molar-refractivity contribution in [3.63, 3.8) is 0 Å². The molecule has 2 fully saturated rings. The Morgan fingerprint density at radius 2 is 1.79 bits per heavy atom. The lowest BCUT2D eigenvalue weighted by molar-refractivity contribution is -0.126. The lowest BCUT2D eigenvalue weighted by Crippen LogP contribution is -2.52. The highest BCUT2D eigenvalue weighted by molar-refractivity contribution is 7.86. The summed E-state index contributed by atoms with van der Waals surface area (Å²) >= 11 is 5.99. The Hall–Kier alpha value is -1.22. The van der Waals surface area contributed by atoms with Gasteiger partial charge in [-0.05, 0) is 48.8 Å². The average molecular weight is 446 g/mol. The second kappa shape index (κ2) is 9.29. The Balaban J connectivity index is 1.52. The molecule has 2 aliphatic heterocycles. The molecule has 1 N–H and O–H groups in total. The molecule has 0 radical (unpaired) electrons. The Morgan fingerprint density at radius 3 is 2.38 bits per heavy atom. The molecule has 1 aromatic carbocycles. The number of nitrogens with one attached hydrogen (secondary N) is 1. The molecule has 2 aliphatic rings. The molecule has 6 nitrogen and oxygen atoms in total. The number of amides is 1. The van der Waals surface area contributed by atoms with Gasteiger partial charge in [-0.15, -0.1) is 0 Å². The molecule has 9 heteroatoms. The maximum Gasteiger partial charge on any atom is 0.281 e. The van der Waals surface area contributed by atoms with Gasteiger partial charge in [-0.25, -0.2) is 4.39 Å². The second-order valence-electron chi connectivity index (χ2n) is 8.40. The van der Waals surface area contributed by atoms with E-state index in [9.17, 15) is 17.6 Å². The molecule has 0 aliphatic carbocycles. The van der Waals surface area contributed by atoms with Crippen LogP contribution in [0.15, 0.2) is 18.2 Å². The minimum atomic E-state index is -3.48. The molecule has 0 bridgehead atoms. The number of piperidine rings is 2. The maximum absolute atomic E-state index is 13.1. The van der Waals surface area contributed by atoms with Gasteiger partial charge in [-0.2, -0.15) is 17.0 Å². The summed E-state index contributed by atoms with van der Waals surface area (Å²) in [5, 5.41) is 3.11. The Morgan fingerprint density at radius 1 is 1.17 bits per heavy atom. The summed E-state index contributed by atoms with van der Waals surface area (Å²) in [6.45, 7) is 6.20. The highest BCUT2D eigenvalue weighted by Gasteiger charge is 2.37. The number of benzene rings is 1. The highest BCUT2D eigenvalue weighted by atomic mass is 35.5. The van der Waals surface area contributed by atoms with Crippen molar-refractivity contribution in [3.8, 4) is 0 Å². The number of carbonyl (C=O) groups is 1. The molecule has 1 amide bonds. The lowest BCUT2D eigenvalue weighted by atomic mass is 9.94. The minimum Gasteiger partial charge on any atom is -0.352 e. The van der Waals surface area contributed by atoms with Crippen LogP contribution in [0.25, 0.3) is 0 Å². The van der Waals surface area contributed by atoms with Gasteiger partial charge >= 0.3 is 0 Å². The topological polar surface area (TPSA) is 69.7 Å². The fraction of sp³-hybridized carbons (Fsp3) is 0.650. The van der Waals surface area contributed by atoms with Gasteiger partial charge in [0, 0.05) is 43.7 Å². The summed E-state index contributed by atoms with van der Waals surface area (Å²) in [5.41, 5.74) is 0.648. The van der Waals surface area contributed by atoms with Gasteiger partial charge in [0.15, 0.2) is 0 Å². The predicted octanol–water partition coefficient (Wildman–Crippen LogP) is 3.03. The van der Waals surface area contributed by atoms with E-state index in [0.29, 0.717) is 56.4 Å². The SMILES string of the molecule is C[C@@H]1C[C@@H](C)CN(S(=O)(=O)N2CCC(C(=O)NCc3ccc(F)cc3Cl)CC2)C1. The number of hydrogen-bond acceptors (Lipinski definition) is 3. The van der Waals surface area contributed by atoms with Crippen LogP contribution < -0.4 is 5.32 Å². The van der Waals surface area contributed by atoms with Crippen molar-refractivity contribution in [3.05, 3.63) is 34.6 Å². The van der Waals surface area contributed by atoms with E-state index < -0.39 is 16.0 Å². The minimum absolute atomic E-state index is 0.123. The number of hydrogen-bond donors (Lipinski definition) is 1. The molecule has 29 heavy (non-hydrogen) atoms. The van der Waals surface area contributed by atoms with E-state index in [4.69, 9.17) is 11.6 Å². The zero-order valence-corrected chi connectivity index (χ0v) is 18.5. The van der Waals surface area contributed by atoms with Crippen molar-refractivity contribution in [2.45, 2.75) is 39.7 Å². The highest BCUT2D eigenvalue weighted by Crippen LogP contribution is 2.27. The number of halogens is 2. The van der Waals surface area contributed by atoms with Gasteiger partial charge in [-0.3, -0.25) is 4.79 Å². The van der Waals surface area contributed by atoms with E-state index in [2.05, 4.69) is 19.2 Å². The summed E-state index contributed by atoms with van der Waals surface area (Å²) in [7, 11) is -3.48. The van der Waals surface area contributed by atoms with Crippen LogP contribution in [-0.4, -0.2) is 49.1 Å². The molecule has 2 saturated heterocycles. The van der Waals surface area contributed by atoms with E-state index in [-0.39, 0.29) is 23.4 Å². The molecule has 1 aromatic rings. The molecule has 0 unspecified atom stereocenters. The molecule has 0 aromatic heterocycles. The van der Waals surface area contributed by atoms with Crippen molar-refractivity contribution in [1.82, 2.24) is 13.9 Å². The smallest absolute Gasteiger partial charge is 0.281 e. The van der Waals surface area contributed by atoms with E-state index >= 15 is 0 Å². The first-order chi connectivity index (χ1) is 13.7. The van der Waals surface area contributed by atoms with Crippen LogP contribution >= 0.6 is 11.6 Å². The van der Waals surface area contributed by atoms with E-state index in [1.807, 2.05) is 0 Å². The molecule has 3 rings (SSSR count). The van der Waals surface area contributed by atoms with Crippen LogP contribution in [0.1, 0.15) is 38.7 Å². The average Bonchev–Trinajstić information content (AvgIpc) is 2.66. The third-order valence-corrected chi connectivity index (χ3v) is 8.10. The van der Waals surface area contributed by atoms with Crippen LogP contribution in [-0.2, 0) is 21.5 Å². The maximum atomic E-state index is 13.1. The summed E-state index contributed by atoms with van der Waals surface area (Å²) in [5.74, 6) is -0.0658. The quantitative estimate of drug-likeness (QED) is 0.757. The number of carbonyl (C=O) groups excluding carboxylic acids is 1. The van der Waals surface area contributed by atoms with Gasteiger partial charge in [0.05, 0.1) is 0 Å². The molecule has 162 valence electrons.